The molecule has 0 atom stereocenters. The second-order valence-corrected chi connectivity index (χ2v) is 4.77. The van der Waals surface area contributed by atoms with E-state index in [9.17, 15) is 0 Å². The Labute approximate surface area is 115 Å². The molecule has 3 aromatic heterocycles. The Morgan fingerprint density at radius 2 is 2.10 bits per heavy atom. The lowest BCUT2D eigenvalue weighted by atomic mass is 10.2. The van der Waals surface area contributed by atoms with Crippen LogP contribution in [0.15, 0.2) is 57.7 Å². The molecule has 4 nitrogen and oxygen atoms in total. The minimum atomic E-state index is 0.557. The van der Waals surface area contributed by atoms with Gasteiger partial charge in [-0.15, -0.1) is 0 Å². The van der Waals surface area contributed by atoms with Crippen LogP contribution in [0, 0.1) is 6.92 Å². The van der Waals surface area contributed by atoms with E-state index in [1.54, 1.807) is 6.26 Å². The van der Waals surface area contributed by atoms with Crippen LogP contribution in [0.4, 0.5) is 0 Å². The predicted octanol–water partition coefficient (Wildman–Crippen LogP) is 4.39. The number of hydrogen-bond acceptors (Lipinski definition) is 3. The quantitative estimate of drug-likeness (QED) is 0.584. The van der Waals surface area contributed by atoms with Gasteiger partial charge in [0.15, 0.2) is 5.76 Å². The predicted molar refractivity (Wildman–Crippen MR) is 76.2 cm³/mol. The number of rotatable bonds is 2. The minimum Gasteiger partial charge on any atom is -0.454 e. The van der Waals surface area contributed by atoms with Crippen LogP contribution in [0.2, 0.25) is 0 Å². The van der Waals surface area contributed by atoms with Gasteiger partial charge in [-0.3, -0.25) is 0 Å². The van der Waals surface area contributed by atoms with Crippen LogP contribution in [-0.2, 0) is 0 Å². The number of aromatic amines is 1. The SMILES string of the molecule is Cc1ccc2cc(-c3coc(-c4ccc[nH]4)n3)oc2c1. The molecule has 20 heavy (non-hydrogen) atoms. The van der Waals surface area contributed by atoms with Crippen molar-refractivity contribution in [1.29, 1.82) is 0 Å². The Morgan fingerprint density at radius 3 is 2.95 bits per heavy atom. The third kappa shape index (κ3) is 1.73. The molecule has 0 unspecified atom stereocenters. The van der Waals surface area contributed by atoms with Crippen LogP contribution >= 0.6 is 0 Å². The van der Waals surface area contributed by atoms with Gasteiger partial charge in [0.25, 0.3) is 0 Å². The zero-order chi connectivity index (χ0) is 13.5. The largest absolute Gasteiger partial charge is 0.454 e. The molecule has 0 saturated carbocycles. The van der Waals surface area contributed by atoms with E-state index >= 15 is 0 Å². The zero-order valence-electron chi connectivity index (χ0n) is 10.9. The second-order valence-electron chi connectivity index (χ2n) is 4.77. The summed E-state index contributed by atoms with van der Waals surface area (Å²) in [5, 5.41) is 1.06. The smallest absolute Gasteiger partial charge is 0.243 e. The van der Waals surface area contributed by atoms with E-state index < -0.39 is 0 Å². The first-order valence-corrected chi connectivity index (χ1v) is 6.39. The van der Waals surface area contributed by atoms with Crippen molar-refractivity contribution in [3.05, 3.63) is 54.4 Å². The summed E-state index contributed by atoms with van der Waals surface area (Å²) in [6, 6.07) is 11.9. The van der Waals surface area contributed by atoms with Crippen molar-refractivity contribution in [1.82, 2.24) is 9.97 Å². The molecule has 0 spiro atoms. The molecule has 98 valence electrons. The molecule has 0 saturated heterocycles. The summed E-state index contributed by atoms with van der Waals surface area (Å²) in [7, 11) is 0. The zero-order valence-corrected chi connectivity index (χ0v) is 10.9. The summed E-state index contributed by atoms with van der Waals surface area (Å²) < 4.78 is 11.3. The van der Waals surface area contributed by atoms with Crippen molar-refractivity contribution in [2.75, 3.05) is 0 Å². The highest BCUT2D eigenvalue weighted by molar-refractivity contribution is 5.82. The van der Waals surface area contributed by atoms with Crippen molar-refractivity contribution in [3.8, 4) is 23.0 Å². The fourth-order valence-corrected chi connectivity index (χ4v) is 2.24. The molecule has 0 aliphatic carbocycles. The van der Waals surface area contributed by atoms with Gasteiger partial charge in [0, 0.05) is 11.6 Å². The fraction of sp³-hybridized carbons (Fsp3) is 0.0625. The number of aryl methyl sites for hydroxylation is 1. The van der Waals surface area contributed by atoms with Crippen LogP contribution in [0.25, 0.3) is 34.0 Å². The standard InChI is InChI=1S/C16H12N2O2/c1-10-4-5-11-8-15(20-14(11)7-10)13-9-19-16(18-13)12-3-2-6-17-12/h2-9,17H,1H3. The van der Waals surface area contributed by atoms with Crippen LogP contribution < -0.4 is 0 Å². The first-order valence-electron chi connectivity index (χ1n) is 6.39. The van der Waals surface area contributed by atoms with Crippen LogP contribution in [0.1, 0.15) is 5.56 Å². The molecular weight excluding hydrogens is 252 g/mol. The van der Waals surface area contributed by atoms with Crippen molar-refractivity contribution >= 4 is 11.0 Å². The lowest BCUT2D eigenvalue weighted by Gasteiger charge is -1.90. The van der Waals surface area contributed by atoms with Gasteiger partial charge < -0.3 is 13.8 Å². The molecule has 4 aromatic rings. The Hall–Kier alpha value is -2.75. The maximum atomic E-state index is 5.83. The van der Waals surface area contributed by atoms with Gasteiger partial charge >= 0.3 is 0 Å². The highest BCUT2D eigenvalue weighted by Crippen LogP contribution is 2.29. The van der Waals surface area contributed by atoms with Gasteiger partial charge in [-0.05, 0) is 36.8 Å². The lowest BCUT2D eigenvalue weighted by Crippen LogP contribution is -1.77. The maximum Gasteiger partial charge on any atom is 0.243 e. The Bertz CT molecular complexity index is 869. The number of oxazole rings is 1. The van der Waals surface area contributed by atoms with Gasteiger partial charge in [-0.1, -0.05) is 12.1 Å². The number of hydrogen-bond donors (Lipinski definition) is 1. The molecule has 0 amide bonds. The molecule has 1 N–H and O–H groups in total. The average Bonchev–Trinajstić information content (AvgIpc) is 3.17. The highest BCUT2D eigenvalue weighted by atomic mass is 16.4. The number of fused-ring (bicyclic) bond motifs is 1. The summed E-state index contributed by atoms with van der Waals surface area (Å²) in [6.45, 7) is 2.04. The van der Waals surface area contributed by atoms with Gasteiger partial charge in [0.05, 0.1) is 0 Å². The number of furan rings is 1. The summed E-state index contributed by atoms with van der Waals surface area (Å²) >= 11 is 0. The van der Waals surface area contributed by atoms with E-state index in [4.69, 9.17) is 8.83 Å². The first-order chi connectivity index (χ1) is 9.79. The van der Waals surface area contributed by atoms with Crippen molar-refractivity contribution in [3.63, 3.8) is 0 Å². The second kappa shape index (κ2) is 4.13. The molecule has 0 bridgehead atoms. The summed E-state index contributed by atoms with van der Waals surface area (Å²) in [4.78, 5) is 7.51. The van der Waals surface area contributed by atoms with Crippen molar-refractivity contribution < 1.29 is 8.83 Å². The van der Waals surface area contributed by atoms with E-state index in [2.05, 4.69) is 16.0 Å². The van der Waals surface area contributed by atoms with E-state index in [0.717, 1.165) is 16.7 Å². The number of nitrogens with zero attached hydrogens (tertiary/aromatic N) is 1. The Morgan fingerprint density at radius 1 is 1.15 bits per heavy atom. The molecule has 0 aliphatic heterocycles. The normalized spacial score (nSPS) is 11.2. The first kappa shape index (κ1) is 11.1. The van der Waals surface area contributed by atoms with Gasteiger partial charge in [-0.25, -0.2) is 4.98 Å². The van der Waals surface area contributed by atoms with Crippen molar-refractivity contribution in [2.45, 2.75) is 6.92 Å². The molecular formula is C16H12N2O2. The Balaban J connectivity index is 1.79. The average molecular weight is 264 g/mol. The van der Waals surface area contributed by atoms with Crippen molar-refractivity contribution in [2.24, 2.45) is 0 Å². The molecule has 4 rings (SSSR count). The monoisotopic (exact) mass is 264 g/mol. The maximum absolute atomic E-state index is 5.83. The van der Waals surface area contributed by atoms with E-state index in [-0.39, 0.29) is 0 Å². The number of H-pyrrole nitrogens is 1. The van der Waals surface area contributed by atoms with Gasteiger partial charge in [-0.2, -0.15) is 0 Å². The molecule has 0 fully saturated rings. The summed E-state index contributed by atoms with van der Waals surface area (Å²) in [5.41, 5.74) is 3.58. The topological polar surface area (TPSA) is 55.0 Å². The number of aromatic nitrogens is 2. The van der Waals surface area contributed by atoms with E-state index in [0.29, 0.717) is 17.3 Å². The fourth-order valence-electron chi connectivity index (χ4n) is 2.24. The third-order valence-electron chi connectivity index (χ3n) is 3.26. The van der Waals surface area contributed by atoms with Crippen LogP contribution in [-0.4, -0.2) is 9.97 Å². The number of nitrogens with one attached hydrogen (secondary N) is 1. The third-order valence-corrected chi connectivity index (χ3v) is 3.26. The lowest BCUT2D eigenvalue weighted by molar-refractivity contribution is 0.571. The van der Waals surface area contributed by atoms with Crippen LogP contribution in [0.5, 0.6) is 0 Å². The minimum absolute atomic E-state index is 0.557. The summed E-state index contributed by atoms with van der Waals surface area (Å²) in [5.74, 6) is 1.27. The number of benzene rings is 1. The van der Waals surface area contributed by atoms with Gasteiger partial charge in [0.2, 0.25) is 5.89 Å². The van der Waals surface area contributed by atoms with Crippen LogP contribution in [0.3, 0.4) is 0 Å². The summed E-state index contributed by atoms with van der Waals surface area (Å²) in [6.07, 6.45) is 3.45. The van der Waals surface area contributed by atoms with E-state index in [1.165, 1.54) is 5.56 Å². The molecule has 0 radical (unpaired) electrons. The molecule has 1 aromatic carbocycles. The highest BCUT2D eigenvalue weighted by Gasteiger charge is 2.13. The van der Waals surface area contributed by atoms with Gasteiger partial charge in [0.1, 0.15) is 23.2 Å². The van der Waals surface area contributed by atoms with E-state index in [1.807, 2.05) is 43.5 Å². The molecule has 0 aliphatic rings. The molecule has 3 heterocycles. The molecule has 4 heteroatoms. The Kier molecular flexibility index (Phi) is 2.29.